The SMILES string of the molecule is CC(C)(C)c1nc(CN2CCN(C(=O)C3CC(O)CN3)CC2)cs1. The van der Waals surface area contributed by atoms with E-state index >= 15 is 0 Å². The van der Waals surface area contributed by atoms with Gasteiger partial charge < -0.3 is 15.3 Å². The number of rotatable bonds is 3. The molecule has 24 heavy (non-hydrogen) atoms. The summed E-state index contributed by atoms with van der Waals surface area (Å²) in [7, 11) is 0. The Bertz CT molecular complexity index is 575. The summed E-state index contributed by atoms with van der Waals surface area (Å²) in [5.74, 6) is 0.134. The average Bonchev–Trinajstić information content (AvgIpc) is 3.16. The van der Waals surface area contributed by atoms with Crippen LogP contribution in [0, 0.1) is 0 Å². The fourth-order valence-corrected chi connectivity index (χ4v) is 4.10. The van der Waals surface area contributed by atoms with Crippen molar-refractivity contribution in [2.24, 2.45) is 0 Å². The number of nitrogens with one attached hydrogen (secondary N) is 1. The van der Waals surface area contributed by atoms with Crippen molar-refractivity contribution in [3.63, 3.8) is 0 Å². The average molecular weight is 353 g/mol. The molecule has 1 aromatic heterocycles. The molecule has 3 heterocycles. The van der Waals surface area contributed by atoms with Gasteiger partial charge in [-0.3, -0.25) is 9.69 Å². The molecule has 2 saturated heterocycles. The van der Waals surface area contributed by atoms with Gasteiger partial charge in [-0.15, -0.1) is 11.3 Å². The third-order valence-electron chi connectivity index (χ3n) is 4.67. The molecule has 2 N–H and O–H groups in total. The van der Waals surface area contributed by atoms with Crippen LogP contribution in [0.3, 0.4) is 0 Å². The van der Waals surface area contributed by atoms with Crippen molar-refractivity contribution < 1.29 is 9.90 Å². The van der Waals surface area contributed by atoms with E-state index in [0.29, 0.717) is 13.0 Å². The van der Waals surface area contributed by atoms with Gasteiger partial charge in [0.25, 0.3) is 0 Å². The second-order valence-electron chi connectivity index (χ2n) is 7.85. The van der Waals surface area contributed by atoms with Gasteiger partial charge in [-0.05, 0) is 6.42 Å². The highest BCUT2D eigenvalue weighted by molar-refractivity contribution is 7.09. The number of amides is 1. The summed E-state index contributed by atoms with van der Waals surface area (Å²) in [6, 6.07) is -0.209. The third kappa shape index (κ3) is 4.14. The lowest BCUT2D eigenvalue weighted by molar-refractivity contribution is -0.135. The minimum atomic E-state index is -0.387. The molecule has 0 radical (unpaired) electrons. The number of hydrogen-bond acceptors (Lipinski definition) is 6. The molecule has 2 atom stereocenters. The number of β-amino-alcohol motifs (C(OH)–C–C–N with tert-alkyl or cyclic N) is 1. The van der Waals surface area contributed by atoms with E-state index in [9.17, 15) is 9.90 Å². The second kappa shape index (κ2) is 7.07. The zero-order valence-corrected chi connectivity index (χ0v) is 15.6. The molecule has 0 saturated carbocycles. The molecule has 3 rings (SSSR count). The smallest absolute Gasteiger partial charge is 0.239 e. The van der Waals surface area contributed by atoms with Crippen LogP contribution in [0.1, 0.15) is 37.9 Å². The highest BCUT2D eigenvalue weighted by atomic mass is 32.1. The number of nitrogens with zero attached hydrogens (tertiary/aromatic N) is 3. The van der Waals surface area contributed by atoms with Crippen molar-refractivity contribution in [1.82, 2.24) is 20.1 Å². The van der Waals surface area contributed by atoms with Crippen molar-refractivity contribution in [1.29, 1.82) is 0 Å². The fraction of sp³-hybridized carbons (Fsp3) is 0.765. The van der Waals surface area contributed by atoms with Crippen molar-refractivity contribution in [2.75, 3.05) is 32.7 Å². The van der Waals surface area contributed by atoms with Gasteiger partial charge in [0.2, 0.25) is 5.91 Å². The molecule has 2 unspecified atom stereocenters. The maximum Gasteiger partial charge on any atom is 0.239 e. The summed E-state index contributed by atoms with van der Waals surface area (Å²) in [6.07, 6.45) is 0.148. The van der Waals surface area contributed by atoms with Gasteiger partial charge in [0.15, 0.2) is 0 Å². The van der Waals surface area contributed by atoms with E-state index in [0.717, 1.165) is 38.4 Å². The minimum absolute atomic E-state index is 0.104. The predicted molar refractivity (Wildman–Crippen MR) is 95.1 cm³/mol. The Morgan fingerprint density at radius 1 is 1.38 bits per heavy atom. The van der Waals surface area contributed by atoms with Crippen LogP contribution < -0.4 is 5.32 Å². The van der Waals surface area contributed by atoms with Gasteiger partial charge in [-0.2, -0.15) is 0 Å². The molecule has 0 aliphatic carbocycles. The van der Waals surface area contributed by atoms with Crippen LogP contribution in [0.5, 0.6) is 0 Å². The second-order valence-corrected chi connectivity index (χ2v) is 8.70. The number of piperazine rings is 1. The van der Waals surface area contributed by atoms with E-state index < -0.39 is 0 Å². The molecule has 0 bridgehead atoms. The number of aromatic nitrogens is 1. The first kappa shape index (κ1) is 17.8. The van der Waals surface area contributed by atoms with Crippen molar-refractivity contribution in [3.05, 3.63) is 16.1 Å². The normalized spacial score (nSPS) is 26.1. The van der Waals surface area contributed by atoms with Crippen LogP contribution in [0.2, 0.25) is 0 Å². The largest absolute Gasteiger partial charge is 0.392 e. The van der Waals surface area contributed by atoms with E-state index in [1.165, 1.54) is 5.01 Å². The van der Waals surface area contributed by atoms with Crippen molar-refractivity contribution in [3.8, 4) is 0 Å². The first-order valence-electron chi connectivity index (χ1n) is 8.70. The number of thiazole rings is 1. The van der Waals surface area contributed by atoms with Gasteiger partial charge in [0.1, 0.15) is 0 Å². The Kier molecular flexibility index (Phi) is 5.24. The highest BCUT2D eigenvalue weighted by Crippen LogP contribution is 2.26. The van der Waals surface area contributed by atoms with E-state index in [4.69, 9.17) is 4.98 Å². The number of carbonyl (C=O) groups excluding carboxylic acids is 1. The molecule has 2 aliphatic rings. The van der Waals surface area contributed by atoms with Crippen LogP contribution in [-0.2, 0) is 16.8 Å². The standard InChI is InChI=1S/C17H28N4O2S/c1-17(2,3)16-19-12(11-24-16)10-20-4-6-21(7-5-20)15(23)14-8-13(22)9-18-14/h11,13-14,18,22H,4-10H2,1-3H3. The molecular weight excluding hydrogens is 324 g/mol. The summed E-state index contributed by atoms with van der Waals surface area (Å²) in [6.45, 7) is 11.2. The first-order chi connectivity index (χ1) is 11.3. The Balaban J connectivity index is 1.48. The number of aliphatic hydroxyl groups excluding tert-OH is 1. The molecule has 134 valence electrons. The number of carbonyl (C=O) groups is 1. The minimum Gasteiger partial charge on any atom is -0.392 e. The van der Waals surface area contributed by atoms with Crippen LogP contribution in [0.15, 0.2) is 5.38 Å². The summed E-state index contributed by atoms with van der Waals surface area (Å²) >= 11 is 1.73. The quantitative estimate of drug-likeness (QED) is 0.842. The van der Waals surface area contributed by atoms with Crippen LogP contribution in [0.25, 0.3) is 0 Å². The summed E-state index contributed by atoms with van der Waals surface area (Å²) < 4.78 is 0. The molecule has 7 heteroatoms. The van der Waals surface area contributed by atoms with E-state index in [1.807, 2.05) is 4.90 Å². The number of aliphatic hydroxyl groups is 1. The lowest BCUT2D eigenvalue weighted by Crippen LogP contribution is -2.52. The molecular formula is C17H28N4O2S. The van der Waals surface area contributed by atoms with E-state index in [1.54, 1.807) is 11.3 Å². The Morgan fingerprint density at radius 2 is 2.08 bits per heavy atom. The zero-order valence-electron chi connectivity index (χ0n) is 14.8. The topological polar surface area (TPSA) is 68.7 Å². The maximum absolute atomic E-state index is 12.4. The van der Waals surface area contributed by atoms with E-state index in [2.05, 4.69) is 36.4 Å². The van der Waals surface area contributed by atoms with Gasteiger partial charge in [-0.1, -0.05) is 20.8 Å². The van der Waals surface area contributed by atoms with Crippen molar-refractivity contribution >= 4 is 17.2 Å². The monoisotopic (exact) mass is 352 g/mol. The molecule has 0 spiro atoms. The molecule has 0 aromatic carbocycles. The summed E-state index contributed by atoms with van der Waals surface area (Å²) in [5, 5.41) is 16.0. The summed E-state index contributed by atoms with van der Waals surface area (Å²) in [5.41, 5.74) is 1.23. The van der Waals surface area contributed by atoms with E-state index in [-0.39, 0.29) is 23.5 Å². The molecule has 1 aromatic rings. The lowest BCUT2D eigenvalue weighted by Gasteiger charge is -2.35. The number of hydrogen-bond donors (Lipinski definition) is 2. The Morgan fingerprint density at radius 3 is 2.62 bits per heavy atom. The third-order valence-corrected chi connectivity index (χ3v) is 5.99. The molecule has 2 aliphatic heterocycles. The zero-order chi connectivity index (χ0) is 17.3. The highest BCUT2D eigenvalue weighted by Gasteiger charge is 2.32. The van der Waals surface area contributed by atoms with Crippen LogP contribution >= 0.6 is 11.3 Å². The first-order valence-corrected chi connectivity index (χ1v) is 9.58. The molecule has 6 nitrogen and oxygen atoms in total. The fourth-order valence-electron chi connectivity index (χ4n) is 3.21. The Labute approximate surface area is 147 Å². The van der Waals surface area contributed by atoms with Crippen LogP contribution in [-0.4, -0.2) is 70.7 Å². The summed E-state index contributed by atoms with van der Waals surface area (Å²) in [4.78, 5) is 21.5. The lowest BCUT2D eigenvalue weighted by atomic mass is 9.98. The Hall–Kier alpha value is -1.02. The van der Waals surface area contributed by atoms with Crippen LogP contribution in [0.4, 0.5) is 0 Å². The van der Waals surface area contributed by atoms with Gasteiger partial charge in [0.05, 0.1) is 22.8 Å². The molecule has 1 amide bonds. The van der Waals surface area contributed by atoms with Gasteiger partial charge in [0, 0.05) is 50.1 Å². The van der Waals surface area contributed by atoms with Crippen molar-refractivity contribution in [2.45, 2.75) is 51.3 Å². The molecule has 2 fully saturated rings. The van der Waals surface area contributed by atoms with Gasteiger partial charge >= 0.3 is 0 Å². The van der Waals surface area contributed by atoms with Gasteiger partial charge in [-0.25, -0.2) is 4.98 Å². The predicted octanol–water partition coefficient (Wildman–Crippen LogP) is 0.808. The maximum atomic E-state index is 12.4.